The van der Waals surface area contributed by atoms with Gasteiger partial charge in [0, 0.05) is 12.1 Å². The molecule has 0 aromatic carbocycles. The third-order valence-electron chi connectivity index (χ3n) is 4.25. The van der Waals surface area contributed by atoms with E-state index in [0.717, 1.165) is 18.0 Å². The second-order valence-electron chi connectivity index (χ2n) is 5.94. The lowest BCUT2D eigenvalue weighted by Crippen LogP contribution is -2.36. The van der Waals surface area contributed by atoms with Gasteiger partial charge in [-0.3, -0.25) is 0 Å². The number of nitrogens with zero attached hydrogens (tertiary/aromatic N) is 1. The topological polar surface area (TPSA) is 15.3 Å². The zero-order chi connectivity index (χ0) is 11.4. The molecule has 0 aromatic rings. The minimum absolute atomic E-state index is 0.775. The third kappa shape index (κ3) is 4.06. The molecule has 2 heteroatoms. The summed E-state index contributed by atoms with van der Waals surface area (Å²) in [4.78, 5) is 2.71. The maximum Gasteiger partial charge on any atom is 0.00790 e. The predicted molar refractivity (Wildman–Crippen MR) is 69.7 cm³/mol. The van der Waals surface area contributed by atoms with Gasteiger partial charge in [0.1, 0.15) is 0 Å². The Morgan fingerprint density at radius 1 is 1.19 bits per heavy atom. The number of hydrogen-bond donors (Lipinski definition) is 1. The van der Waals surface area contributed by atoms with Gasteiger partial charge in [-0.2, -0.15) is 0 Å². The van der Waals surface area contributed by atoms with Crippen LogP contribution in [0.1, 0.15) is 52.4 Å². The summed E-state index contributed by atoms with van der Waals surface area (Å²) in [5, 5.41) is 3.62. The fraction of sp³-hybridized carbons (Fsp3) is 1.00. The van der Waals surface area contributed by atoms with Crippen molar-refractivity contribution >= 4 is 0 Å². The normalized spacial score (nSPS) is 30.0. The van der Waals surface area contributed by atoms with Gasteiger partial charge in [-0.25, -0.2) is 0 Å². The molecule has 94 valence electrons. The van der Waals surface area contributed by atoms with E-state index in [0.29, 0.717) is 0 Å². The van der Waals surface area contributed by atoms with Crippen LogP contribution in [0.3, 0.4) is 0 Å². The van der Waals surface area contributed by atoms with Gasteiger partial charge in [0.25, 0.3) is 0 Å². The van der Waals surface area contributed by atoms with E-state index >= 15 is 0 Å². The molecule has 1 saturated heterocycles. The SMILES string of the molecule is CC1CCCN(C(C)CCNC2CC2)CC1. The largest absolute Gasteiger partial charge is 0.314 e. The summed E-state index contributed by atoms with van der Waals surface area (Å²) in [6.07, 6.45) is 8.39. The molecule has 2 fully saturated rings. The Labute approximate surface area is 101 Å². The molecule has 0 radical (unpaired) electrons. The van der Waals surface area contributed by atoms with Gasteiger partial charge < -0.3 is 10.2 Å². The lowest BCUT2D eigenvalue weighted by atomic mass is 10.0. The average Bonchev–Trinajstić information content (AvgIpc) is 3.06. The molecular formula is C14H28N2. The zero-order valence-electron chi connectivity index (χ0n) is 11.0. The molecule has 16 heavy (non-hydrogen) atoms. The highest BCUT2D eigenvalue weighted by atomic mass is 15.2. The molecule has 0 spiro atoms. The van der Waals surface area contributed by atoms with Crippen molar-refractivity contribution in [2.45, 2.75) is 64.5 Å². The van der Waals surface area contributed by atoms with Gasteiger partial charge in [0.2, 0.25) is 0 Å². The second kappa shape index (κ2) is 6.02. The molecule has 2 unspecified atom stereocenters. The van der Waals surface area contributed by atoms with Gasteiger partial charge in [0.15, 0.2) is 0 Å². The average molecular weight is 224 g/mol. The Kier molecular flexibility index (Phi) is 4.66. The molecule has 0 amide bonds. The lowest BCUT2D eigenvalue weighted by molar-refractivity contribution is 0.204. The Bertz CT molecular complexity index is 201. The maximum absolute atomic E-state index is 3.62. The van der Waals surface area contributed by atoms with E-state index in [1.54, 1.807) is 0 Å². The van der Waals surface area contributed by atoms with E-state index in [1.165, 1.54) is 58.2 Å². The summed E-state index contributed by atoms with van der Waals surface area (Å²) in [6, 6.07) is 1.65. The molecule has 1 aliphatic heterocycles. The molecule has 1 aliphatic carbocycles. The molecule has 2 rings (SSSR count). The van der Waals surface area contributed by atoms with Crippen LogP contribution in [0.5, 0.6) is 0 Å². The van der Waals surface area contributed by atoms with Crippen LogP contribution in [0, 0.1) is 5.92 Å². The Hall–Kier alpha value is -0.0800. The van der Waals surface area contributed by atoms with Crippen molar-refractivity contribution < 1.29 is 0 Å². The van der Waals surface area contributed by atoms with E-state index in [4.69, 9.17) is 0 Å². The van der Waals surface area contributed by atoms with Crippen LogP contribution in [0.2, 0.25) is 0 Å². The van der Waals surface area contributed by atoms with Crippen LogP contribution in [-0.2, 0) is 0 Å². The zero-order valence-corrected chi connectivity index (χ0v) is 11.0. The summed E-state index contributed by atoms with van der Waals surface area (Å²) < 4.78 is 0. The third-order valence-corrected chi connectivity index (χ3v) is 4.25. The van der Waals surface area contributed by atoms with Crippen molar-refractivity contribution in [2.24, 2.45) is 5.92 Å². The van der Waals surface area contributed by atoms with Crippen LogP contribution in [-0.4, -0.2) is 36.6 Å². The first kappa shape index (κ1) is 12.4. The van der Waals surface area contributed by atoms with Gasteiger partial charge in [-0.05, 0) is 71.0 Å². The van der Waals surface area contributed by atoms with E-state index in [9.17, 15) is 0 Å². The lowest BCUT2D eigenvalue weighted by Gasteiger charge is -2.27. The monoisotopic (exact) mass is 224 g/mol. The molecular weight excluding hydrogens is 196 g/mol. The molecule has 2 nitrogen and oxygen atoms in total. The number of hydrogen-bond acceptors (Lipinski definition) is 2. The number of likely N-dealkylation sites (tertiary alicyclic amines) is 1. The van der Waals surface area contributed by atoms with Crippen LogP contribution in [0.25, 0.3) is 0 Å². The van der Waals surface area contributed by atoms with E-state index in [2.05, 4.69) is 24.1 Å². The first-order valence-corrected chi connectivity index (χ1v) is 7.23. The van der Waals surface area contributed by atoms with E-state index < -0.39 is 0 Å². The van der Waals surface area contributed by atoms with Gasteiger partial charge in [0.05, 0.1) is 0 Å². The summed E-state index contributed by atoms with van der Waals surface area (Å²) in [7, 11) is 0. The quantitative estimate of drug-likeness (QED) is 0.772. The predicted octanol–water partition coefficient (Wildman–Crippen LogP) is 2.64. The van der Waals surface area contributed by atoms with Crippen molar-refractivity contribution in [1.82, 2.24) is 10.2 Å². The molecule has 1 heterocycles. The number of nitrogens with one attached hydrogen (secondary N) is 1. The molecule has 1 N–H and O–H groups in total. The van der Waals surface area contributed by atoms with Crippen LogP contribution >= 0.6 is 0 Å². The van der Waals surface area contributed by atoms with Crippen molar-refractivity contribution in [3.8, 4) is 0 Å². The second-order valence-corrected chi connectivity index (χ2v) is 5.94. The van der Waals surface area contributed by atoms with Gasteiger partial charge in [-0.15, -0.1) is 0 Å². The van der Waals surface area contributed by atoms with Crippen molar-refractivity contribution in [1.29, 1.82) is 0 Å². The van der Waals surface area contributed by atoms with Crippen molar-refractivity contribution in [3.63, 3.8) is 0 Å². The van der Waals surface area contributed by atoms with Crippen molar-refractivity contribution in [2.75, 3.05) is 19.6 Å². The standard InChI is InChI=1S/C14H28N2/c1-12-4-3-10-16(11-8-12)13(2)7-9-15-14-5-6-14/h12-15H,3-11H2,1-2H3. The highest BCUT2D eigenvalue weighted by molar-refractivity contribution is 4.81. The molecule has 0 aromatic heterocycles. The summed E-state index contributed by atoms with van der Waals surface area (Å²) in [5.41, 5.74) is 0. The Balaban J connectivity index is 1.63. The summed E-state index contributed by atoms with van der Waals surface area (Å²) in [5.74, 6) is 0.946. The summed E-state index contributed by atoms with van der Waals surface area (Å²) in [6.45, 7) is 8.69. The minimum Gasteiger partial charge on any atom is -0.314 e. The van der Waals surface area contributed by atoms with Gasteiger partial charge in [-0.1, -0.05) is 6.92 Å². The highest BCUT2D eigenvalue weighted by Crippen LogP contribution is 2.20. The first-order chi connectivity index (χ1) is 7.75. The Morgan fingerprint density at radius 2 is 2.00 bits per heavy atom. The summed E-state index contributed by atoms with van der Waals surface area (Å²) >= 11 is 0. The molecule has 1 saturated carbocycles. The fourth-order valence-electron chi connectivity index (χ4n) is 2.69. The molecule has 2 aliphatic rings. The first-order valence-electron chi connectivity index (χ1n) is 7.23. The highest BCUT2D eigenvalue weighted by Gasteiger charge is 2.21. The van der Waals surface area contributed by atoms with E-state index in [-0.39, 0.29) is 0 Å². The maximum atomic E-state index is 3.62. The van der Waals surface area contributed by atoms with Crippen LogP contribution in [0.15, 0.2) is 0 Å². The van der Waals surface area contributed by atoms with Crippen LogP contribution < -0.4 is 5.32 Å². The van der Waals surface area contributed by atoms with Crippen molar-refractivity contribution in [3.05, 3.63) is 0 Å². The Morgan fingerprint density at radius 3 is 2.75 bits per heavy atom. The minimum atomic E-state index is 0.775. The van der Waals surface area contributed by atoms with E-state index in [1.807, 2.05) is 0 Å². The fourth-order valence-corrected chi connectivity index (χ4v) is 2.69. The number of rotatable bonds is 5. The molecule has 0 bridgehead atoms. The van der Waals surface area contributed by atoms with Gasteiger partial charge >= 0.3 is 0 Å². The van der Waals surface area contributed by atoms with Crippen LogP contribution in [0.4, 0.5) is 0 Å². The molecule has 2 atom stereocenters. The smallest absolute Gasteiger partial charge is 0.00790 e.